The van der Waals surface area contributed by atoms with Gasteiger partial charge in [0.15, 0.2) is 0 Å². The molecule has 6 heteroatoms. The van der Waals surface area contributed by atoms with Gasteiger partial charge < -0.3 is 0 Å². The van der Waals surface area contributed by atoms with Crippen LogP contribution in [0.4, 0.5) is 0 Å². The molecule has 2 heterocycles. The number of piperidine rings is 1. The summed E-state index contributed by atoms with van der Waals surface area (Å²) in [5, 5.41) is 2.31. The number of nitrogens with one attached hydrogen (secondary N) is 1. The minimum absolute atomic E-state index is 0.00284. The summed E-state index contributed by atoms with van der Waals surface area (Å²) in [4.78, 5) is 36.1. The topological polar surface area (TPSA) is 73.1 Å². The lowest BCUT2D eigenvalue weighted by atomic mass is 10.1. The highest BCUT2D eigenvalue weighted by atomic mass is 16.2. The summed E-state index contributed by atoms with van der Waals surface area (Å²) in [5.41, 5.74) is 1.33. The van der Waals surface area contributed by atoms with Crippen molar-refractivity contribution in [2.45, 2.75) is 38.8 Å². The third-order valence-electron chi connectivity index (χ3n) is 3.85. The van der Waals surface area contributed by atoms with Crippen molar-refractivity contribution in [2.75, 3.05) is 0 Å². The van der Waals surface area contributed by atoms with Gasteiger partial charge >= 0.3 is 5.69 Å². The minimum Gasteiger partial charge on any atom is -0.295 e. The quantitative estimate of drug-likeness (QED) is 0.848. The zero-order chi connectivity index (χ0) is 15.1. The SMILES string of the molecule is CC(C)n1c(=O)n(C2CCC(=O)NC2=O)c2ccccc21. The number of imidazole rings is 1. The number of aromatic nitrogens is 2. The Morgan fingerprint density at radius 1 is 1.14 bits per heavy atom. The molecule has 1 aromatic heterocycles. The van der Waals surface area contributed by atoms with E-state index in [9.17, 15) is 14.4 Å². The average Bonchev–Trinajstić information content (AvgIpc) is 2.71. The van der Waals surface area contributed by atoms with Crippen LogP contribution in [0, 0.1) is 0 Å². The molecule has 0 spiro atoms. The van der Waals surface area contributed by atoms with Crippen LogP contribution in [0.25, 0.3) is 11.0 Å². The Balaban J connectivity index is 2.24. The molecule has 1 N–H and O–H groups in total. The second kappa shape index (κ2) is 4.87. The molecule has 0 aliphatic carbocycles. The van der Waals surface area contributed by atoms with E-state index in [0.29, 0.717) is 6.42 Å². The molecule has 2 amide bonds. The van der Waals surface area contributed by atoms with Crippen molar-refractivity contribution in [2.24, 2.45) is 0 Å². The van der Waals surface area contributed by atoms with Gasteiger partial charge in [-0.2, -0.15) is 0 Å². The molecule has 2 aromatic rings. The van der Waals surface area contributed by atoms with Crippen molar-refractivity contribution in [3.63, 3.8) is 0 Å². The predicted molar refractivity (Wildman–Crippen MR) is 78.0 cm³/mol. The number of carbonyl (C=O) groups is 2. The molecule has 1 aliphatic heterocycles. The number of fused-ring (bicyclic) bond motifs is 1. The lowest BCUT2D eigenvalue weighted by Crippen LogP contribution is -2.44. The number of hydrogen-bond acceptors (Lipinski definition) is 3. The summed E-state index contributed by atoms with van der Waals surface area (Å²) in [7, 11) is 0. The van der Waals surface area contributed by atoms with E-state index in [0.717, 1.165) is 11.0 Å². The number of amides is 2. The molecule has 3 rings (SSSR count). The highest BCUT2D eigenvalue weighted by Gasteiger charge is 2.31. The second-order valence-corrected chi connectivity index (χ2v) is 5.57. The number of para-hydroxylation sites is 2. The third-order valence-corrected chi connectivity index (χ3v) is 3.85. The maximum absolute atomic E-state index is 12.7. The van der Waals surface area contributed by atoms with Gasteiger partial charge in [-0.1, -0.05) is 12.1 Å². The molecule has 0 saturated carbocycles. The first-order valence-corrected chi connectivity index (χ1v) is 7.06. The smallest absolute Gasteiger partial charge is 0.295 e. The van der Waals surface area contributed by atoms with Crippen molar-refractivity contribution in [1.29, 1.82) is 0 Å². The summed E-state index contributed by atoms with van der Waals surface area (Å²) < 4.78 is 3.19. The van der Waals surface area contributed by atoms with E-state index in [1.165, 1.54) is 4.57 Å². The minimum atomic E-state index is -0.625. The van der Waals surface area contributed by atoms with Crippen LogP contribution < -0.4 is 11.0 Å². The Bertz CT molecular complexity index is 785. The van der Waals surface area contributed by atoms with Gasteiger partial charge in [-0.05, 0) is 32.4 Å². The Labute approximate surface area is 121 Å². The summed E-state index contributed by atoms with van der Waals surface area (Å²) >= 11 is 0. The molecule has 0 bridgehead atoms. The summed E-state index contributed by atoms with van der Waals surface area (Å²) in [5.74, 6) is -0.683. The first-order chi connectivity index (χ1) is 10.0. The summed E-state index contributed by atoms with van der Waals surface area (Å²) in [6.07, 6.45) is 0.612. The van der Waals surface area contributed by atoms with Crippen molar-refractivity contribution < 1.29 is 9.59 Å². The molecule has 0 radical (unpaired) electrons. The van der Waals surface area contributed by atoms with Crippen molar-refractivity contribution in [3.8, 4) is 0 Å². The molecular formula is C15H17N3O3. The van der Waals surface area contributed by atoms with Gasteiger partial charge in [0.05, 0.1) is 11.0 Å². The molecule has 1 fully saturated rings. The van der Waals surface area contributed by atoms with E-state index in [1.807, 2.05) is 38.1 Å². The van der Waals surface area contributed by atoms with E-state index < -0.39 is 11.9 Å². The summed E-state index contributed by atoms with van der Waals surface area (Å²) in [6, 6.07) is 6.79. The predicted octanol–water partition coefficient (Wildman–Crippen LogP) is 1.36. The van der Waals surface area contributed by atoms with Gasteiger partial charge in [-0.3, -0.25) is 24.0 Å². The van der Waals surface area contributed by atoms with Crippen LogP contribution in [0.15, 0.2) is 29.1 Å². The Morgan fingerprint density at radius 3 is 2.43 bits per heavy atom. The maximum atomic E-state index is 12.7. The lowest BCUT2D eigenvalue weighted by molar-refractivity contribution is -0.135. The molecule has 1 aliphatic rings. The number of benzene rings is 1. The fourth-order valence-electron chi connectivity index (χ4n) is 2.92. The first-order valence-electron chi connectivity index (χ1n) is 7.06. The van der Waals surface area contributed by atoms with E-state index in [-0.39, 0.29) is 24.1 Å². The van der Waals surface area contributed by atoms with Crippen LogP contribution >= 0.6 is 0 Å². The molecule has 1 unspecified atom stereocenters. The van der Waals surface area contributed by atoms with E-state index in [2.05, 4.69) is 5.32 Å². The second-order valence-electron chi connectivity index (χ2n) is 5.57. The molecule has 1 saturated heterocycles. The lowest BCUT2D eigenvalue weighted by Gasteiger charge is -2.21. The highest BCUT2D eigenvalue weighted by Crippen LogP contribution is 2.24. The van der Waals surface area contributed by atoms with Gasteiger partial charge in [-0.15, -0.1) is 0 Å². The number of carbonyl (C=O) groups excluding carboxylic acids is 2. The van der Waals surface area contributed by atoms with Gasteiger partial charge in [0.2, 0.25) is 11.8 Å². The monoisotopic (exact) mass is 287 g/mol. The number of hydrogen-bond donors (Lipinski definition) is 1. The van der Waals surface area contributed by atoms with Crippen LogP contribution in [0.2, 0.25) is 0 Å². The van der Waals surface area contributed by atoms with Crippen LogP contribution in [0.3, 0.4) is 0 Å². The van der Waals surface area contributed by atoms with Crippen LogP contribution in [0.1, 0.15) is 38.8 Å². The van der Waals surface area contributed by atoms with Gasteiger partial charge in [0, 0.05) is 12.5 Å². The van der Waals surface area contributed by atoms with Crippen LogP contribution in [-0.4, -0.2) is 20.9 Å². The van der Waals surface area contributed by atoms with E-state index >= 15 is 0 Å². The number of rotatable bonds is 2. The largest absolute Gasteiger partial charge is 0.330 e. The molecule has 1 atom stereocenters. The number of nitrogens with zero attached hydrogens (tertiary/aromatic N) is 2. The third kappa shape index (κ3) is 2.07. The molecule has 1 aromatic carbocycles. The van der Waals surface area contributed by atoms with Crippen molar-refractivity contribution >= 4 is 22.8 Å². The van der Waals surface area contributed by atoms with Crippen molar-refractivity contribution in [3.05, 3.63) is 34.7 Å². The van der Waals surface area contributed by atoms with Crippen molar-refractivity contribution in [1.82, 2.24) is 14.5 Å². The number of imide groups is 1. The van der Waals surface area contributed by atoms with Crippen LogP contribution in [-0.2, 0) is 9.59 Å². The van der Waals surface area contributed by atoms with Crippen LogP contribution in [0.5, 0.6) is 0 Å². The van der Waals surface area contributed by atoms with Gasteiger partial charge in [-0.25, -0.2) is 4.79 Å². The molecule has 21 heavy (non-hydrogen) atoms. The molecular weight excluding hydrogens is 270 g/mol. The zero-order valence-corrected chi connectivity index (χ0v) is 12.0. The standard InChI is InChI=1S/C15H17N3O3/c1-9(2)17-10-5-3-4-6-11(10)18(15(17)21)12-7-8-13(19)16-14(12)20/h3-6,9,12H,7-8H2,1-2H3,(H,16,19,20). The fraction of sp³-hybridized carbons (Fsp3) is 0.400. The Morgan fingerprint density at radius 2 is 1.81 bits per heavy atom. The zero-order valence-electron chi connectivity index (χ0n) is 12.0. The Kier molecular flexibility index (Phi) is 3.16. The fourth-order valence-corrected chi connectivity index (χ4v) is 2.92. The summed E-state index contributed by atoms with van der Waals surface area (Å²) in [6.45, 7) is 3.87. The normalized spacial score (nSPS) is 19.3. The van der Waals surface area contributed by atoms with E-state index in [4.69, 9.17) is 0 Å². The Hall–Kier alpha value is -2.37. The van der Waals surface area contributed by atoms with Gasteiger partial charge in [0.25, 0.3) is 0 Å². The molecule has 110 valence electrons. The highest BCUT2D eigenvalue weighted by molar-refractivity contribution is 6.00. The molecule has 6 nitrogen and oxygen atoms in total. The maximum Gasteiger partial charge on any atom is 0.330 e. The van der Waals surface area contributed by atoms with E-state index in [1.54, 1.807) is 4.57 Å². The van der Waals surface area contributed by atoms with Gasteiger partial charge in [0.1, 0.15) is 6.04 Å². The average molecular weight is 287 g/mol. The first kappa shape index (κ1) is 13.6.